The highest BCUT2D eigenvalue weighted by Crippen LogP contribution is 2.23. The largest absolute Gasteiger partial charge is 0.479 e. The molecule has 1 rings (SSSR count). The lowest BCUT2D eigenvalue weighted by Crippen LogP contribution is -2.12. The van der Waals surface area contributed by atoms with E-state index in [2.05, 4.69) is 15.9 Å². The topological polar surface area (TPSA) is 57.5 Å². The van der Waals surface area contributed by atoms with Crippen molar-refractivity contribution in [2.75, 3.05) is 5.88 Å². The van der Waals surface area contributed by atoms with E-state index in [1.165, 1.54) is 0 Å². The number of benzene rings is 1. The van der Waals surface area contributed by atoms with Crippen LogP contribution in [-0.4, -0.2) is 22.1 Å². The number of aryl methyl sites for hydroxylation is 1. The molecule has 0 aliphatic rings. The quantitative estimate of drug-likeness (QED) is 0.792. The van der Waals surface area contributed by atoms with Crippen molar-refractivity contribution in [3.8, 4) is 0 Å². The zero-order valence-corrected chi connectivity index (χ0v) is 11.5. The molecule has 3 nitrogen and oxygen atoms in total. The predicted octanol–water partition coefficient (Wildman–Crippen LogP) is 2.87. The highest BCUT2D eigenvalue weighted by Gasteiger charge is 2.19. The van der Waals surface area contributed by atoms with Gasteiger partial charge < -0.3 is 10.2 Å². The van der Waals surface area contributed by atoms with Gasteiger partial charge in [-0.2, -0.15) is 0 Å². The van der Waals surface area contributed by atoms with E-state index < -0.39 is 12.1 Å². The Morgan fingerprint density at radius 1 is 1.47 bits per heavy atom. The molecule has 0 spiro atoms. The van der Waals surface area contributed by atoms with Gasteiger partial charge in [-0.1, -0.05) is 34.1 Å². The van der Waals surface area contributed by atoms with Crippen LogP contribution in [0, 0.1) is 0 Å². The first-order chi connectivity index (χ1) is 8.10. The van der Waals surface area contributed by atoms with Crippen LogP contribution in [0.1, 0.15) is 29.2 Å². The molecule has 5 heteroatoms. The zero-order valence-electron chi connectivity index (χ0n) is 9.20. The number of halogens is 2. The molecule has 94 valence electrons. The van der Waals surface area contributed by atoms with Crippen LogP contribution >= 0.6 is 27.5 Å². The molecule has 0 amide bonds. The summed E-state index contributed by atoms with van der Waals surface area (Å²) < 4.78 is 0. The predicted molar refractivity (Wildman–Crippen MR) is 70.7 cm³/mol. The number of hydrogen-bond acceptors (Lipinski definition) is 2. The Balaban J connectivity index is 2.96. The number of rotatable bonds is 6. The maximum atomic E-state index is 10.7. The van der Waals surface area contributed by atoms with Crippen molar-refractivity contribution >= 4 is 33.5 Å². The molecule has 0 aromatic heterocycles. The van der Waals surface area contributed by atoms with E-state index in [-0.39, 0.29) is 0 Å². The van der Waals surface area contributed by atoms with Crippen molar-refractivity contribution < 1.29 is 15.0 Å². The molecule has 1 unspecified atom stereocenters. The summed E-state index contributed by atoms with van der Waals surface area (Å²) in [5.41, 5.74) is 2.33. The summed E-state index contributed by atoms with van der Waals surface area (Å²) in [5, 5.41) is 18.8. The van der Waals surface area contributed by atoms with Crippen molar-refractivity contribution in [3.05, 3.63) is 34.9 Å². The molecule has 0 bridgehead atoms. The number of alkyl halides is 2. The van der Waals surface area contributed by atoms with Crippen LogP contribution in [0.15, 0.2) is 18.2 Å². The molecule has 0 saturated carbocycles. The smallest absolute Gasteiger partial charge is 0.337 e. The van der Waals surface area contributed by atoms with E-state index in [9.17, 15) is 9.90 Å². The van der Waals surface area contributed by atoms with Gasteiger partial charge in [0.2, 0.25) is 0 Å². The van der Waals surface area contributed by atoms with Gasteiger partial charge in [0, 0.05) is 11.2 Å². The van der Waals surface area contributed by atoms with E-state index >= 15 is 0 Å². The summed E-state index contributed by atoms with van der Waals surface area (Å²) in [6.45, 7) is 0. The van der Waals surface area contributed by atoms with Gasteiger partial charge in [0.15, 0.2) is 6.10 Å². The van der Waals surface area contributed by atoms with Crippen molar-refractivity contribution in [1.82, 2.24) is 0 Å². The molecule has 0 saturated heterocycles. The fourth-order valence-electron chi connectivity index (χ4n) is 1.60. The van der Waals surface area contributed by atoms with Crippen LogP contribution in [0.4, 0.5) is 0 Å². The monoisotopic (exact) mass is 320 g/mol. The molecular weight excluding hydrogens is 307 g/mol. The third-order valence-corrected chi connectivity index (χ3v) is 3.35. The molecular formula is C12H14BrClO3. The number of carboxylic acids is 1. The van der Waals surface area contributed by atoms with Crippen molar-refractivity contribution in [2.45, 2.75) is 24.3 Å². The summed E-state index contributed by atoms with van der Waals surface area (Å²) in [6, 6.07) is 5.40. The van der Waals surface area contributed by atoms with Gasteiger partial charge in [0.05, 0.1) is 0 Å². The van der Waals surface area contributed by atoms with Crippen molar-refractivity contribution in [1.29, 1.82) is 0 Å². The van der Waals surface area contributed by atoms with E-state index in [4.69, 9.17) is 16.7 Å². The average molecular weight is 322 g/mol. The molecule has 17 heavy (non-hydrogen) atoms. The van der Waals surface area contributed by atoms with Crippen molar-refractivity contribution in [3.63, 3.8) is 0 Å². The maximum absolute atomic E-state index is 10.7. The van der Waals surface area contributed by atoms with Gasteiger partial charge >= 0.3 is 5.97 Å². The SMILES string of the molecule is O=C(O)C(O)c1ccc(CCCCl)cc1CBr. The van der Waals surface area contributed by atoms with Crippen LogP contribution in [0.3, 0.4) is 0 Å². The van der Waals surface area contributed by atoms with Gasteiger partial charge in [-0.15, -0.1) is 11.6 Å². The van der Waals surface area contributed by atoms with Crippen molar-refractivity contribution in [2.24, 2.45) is 0 Å². The average Bonchev–Trinajstić information content (AvgIpc) is 2.34. The standard InChI is InChI=1S/C12H14BrClO3/c13-7-9-6-8(2-1-5-14)3-4-10(9)11(15)12(16)17/h3-4,6,11,15H,1-2,5,7H2,(H,16,17). The number of hydrogen-bond donors (Lipinski definition) is 2. The fourth-order valence-corrected chi connectivity index (χ4v) is 2.22. The Kier molecular flexibility index (Phi) is 5.95. The van der Waals surface area contributed by atoms with E-state index in [1.807, 2.05) is 12.1 Å². The summed E-state index contributed by atoms with van der Waals surface area (Å²) in [5.74, 6) is -0.635. The Bertz CT molecular complexity index is 395. The highest BCUT2D eigenvalue weighted by atomic mass is 79.9. The van der Waals surface area contributed by atoms with Gasteiger partial charge in [-0.25, -0.2) is 4.79 Å². The van der Waals surface area contributed by atoms with Gasteiger partial charge in [0.1, 0.15) is 0 Å². The third kappa shape index (κ3) is 3.98. The first kappa shape index (κ1) is 14.5. The molecule has 2 N–H and O–H groups in total. The minimum Gasteiger partial charge on any atom is -0.479 e. The van der Waals surface area contributed by atoms with Crippen LogP contribution in [0.25, 0.3) is 0 Å². The lowest BCUT2D eigenvalue weighted by Gasteiger charge is -2.12. The highest BCUT2D eigenvalue weighted by molar-refractivity contribution is 9.08. The Hall–Kier alpha value is -0.580. The Morgan fingerprint density at radius 3 is 2.71 bits per heavy atom. The van der Waals surface area contributed by atoms with Crippen LogP contribution in [0.5, 0.6) is 0 Å². The Morgan fingerprint density at radius 2 is 2.18 bits per heavy atom. The minimum atomic E-state index is -1.47. The molecule has 0 aliphatic heterocycles. The molecule has 1 aromatic rings. The summed E-state index contributed by atoms with van der Waals surface area (Å²) in [4.78, 5) is 10.7. The molecule has 1 aromatic carbocycles. The molecule has 0 fully saturated rings. The number of aliphatic hydroxyl groups excluding tert-OH is 1. The summed E-state index contributed by atoms with van der Waals surface area (Å²) >= 11 is 8.92. The number of aliphatic hydroxyl groups is 1. The van der Waals surface area contributed by atoms with Crippen LogP contribution in [0.2, 0.25) is 0 Å². The maximum Gasteiger partial charge on any atom is 0.337 e. The third-order valence-electron chi connectivity index (χ3n) is 2.48. The van der Waals surface area contributed by atoms with Gasteiger partial charge in [-0.05, 0) is 29.5 Å². The van der Waals surface area contributed by atoms with E-state index in [0.717, 1.165) is 24.0 Å². The lowest BCUT2D eigenvalue weighted by molar-refractivity contribution is -0.147. The molecule has 0 heterocycles. The summed E-state index contributed by atoms with van der Waals surface area (Å²) in [6.07, 6.45) is 0.265. The molecule has 0 radical (unpaired) electrons. The van der Waals surface area contributed by atoms with Gasteiger partial charge in [-0.3, -0.25) is 0 Å². The normalized spacial score (nSPS) is 12.4. The van der Waals surface area contributed by atoms with E-state index in [0.29, 0.717) is 16.8 Å². The second-order valence-corrected chi connectivity index (χ2v) is 4.64. The first-order valence-corrected chi connectivity index (χ1v) is 6.90. The van der Waals surface area contributed by atoms with Crippen LogP contribution in [-0.2, 0) is 16.5 Å². The van der Waals surface area contributed by atoms with E-state index in [1.54, 1.807) is 6.07 Å². The second-order valence-electron chi connectivity index (χ2n) is 3.70. The molecule has 0 aliphatic carbocycles. The number of carbonyl (C=O) groups is 1. The zero-order chi connectivity index (χ0) is 12.8. The van der Waals surface area contributed by atoms with Crippen LogP contribution < -0.4 is 0 Å². The summed E-state index contributed by atoms with van der Waals surface area (Å²) in [7, 11) is 0. The molecule has 1 atom stereocenters. The number of aliphatic carboxylic acids is 1. The number of carboxylic acid groups (broad SMARTS) is 1. The lowest BCUT2D eigenvalue weighted by atomic mass is 9.99. The first-order valence-electron chi connectivity index (χ1n) is 5.24. The minimum absolute atomic E-state index is 0.434. The Labute approximate surface area is 114 Å². The second kappa shape index (κ2) is 6.99. The van der Waals surface area contributed by atoms with Gasteiger partial charge in [0.25, 0.3) is 0 Å². The fraction of sp³-hybridized carbons (Fsp3) is 0.417.